The third-order valence-electron chi connectivity index (χ3n) is 3.79. The maximum atomic E-state index is 12.2. The zero-order valence-corrected chi connectivity index (χ0v) is 16.7. The number of halogens is 1. The molecular formula is C17H19BrN4O3S. The van der Waals surface area contributed by atoms with Crippen molar-refractivity contribution in [1.82, 2.24) is 9.88 Å². The molecule has 3 rings (SSSR count). The summed E-state index contributed by atoms with van der Waals surface area (Å²) in [6.45, 7) is 3.78. The van der Waals surface area contributed by atoms with Gasteiger partial charge in [-0.1, -0.05) is 27.3 Å². The maximum Gasteiger partial charge on any atom is 0.413 e. The van der Waals surface area contributed by atoms with Crippen LogP contribution in [0.15, 0.2) is 28.7 Å². The summed E-state index contributed by atoms with van der Waals surface area (Å²) in [7, 11) is 0. The number of fused-ring (bicyclic) bond motifs is 1. The average Bonchev–Trinajstić information content (AvgIpc) is 2.98. The van der Waals surface area contributed by atoms with Crippen LogP contribution in [-0.2, 0) is 22.5 Å². The van der Waals surface area contributed by atoms with Gasteiger partial charge in [0.2, 0.25) is 5.91 Å². The molecule has 2 N–H and O–H groups in total. The molecule has 138 valence electrons. The fourth-order valence-electron chi connectivity index (χ4n) is 2.63. The van der Waals surface area contributed by atoms with Gasteiger partial charge < -0.3 is 10.1 Å². The molecule has 0 aliphatic carbocycles. The van der Waals surface area contributed by atoms with Crippen LogP contribution in [-0.4, -0.2) is 41.6 Å². The highest BCUT2D eigenvalue weighted by Gasteiger charge is 2.23. The van der Waals surface area contributed by atoms with Crippen molar-refractivity contribution in [3.8, 4) is 0 Å². The Kier molecular flexibility index (Phi) is 6.23. The first-order valence-electron chi connectivity index (χ1n) is 8.23. The van der Waals surface area contributed by atoms with Crippen LogP contribution in [0.5, 0.6) is 0 Å². The second-order valence-electron chi connectivity index (χ2n) is 5.75. The van der Waals surface area contributed by atoms with Crippen LogP contribution in [0.25, 0.3) is 0 Å². The van der Waals surface area contributed by atoms with Gasteiger partial charge in [0.05, 0.1) is 18.8 Å². The van der Waals surface area contributed by atoms with E-state index in [1.807, 2.05) is 24.3 Å². The lowest BCUT2D eigenvalue weighted by atomic mass is 10.2. The van der Waals surface area contributed by atoms with Gasteiger partial charge in [0, 0.05) is 34.5 Å². The fourth-order valence-corrected chi connectivity index (χ4v) is 3.93. The van der Waals surface area contributed by atoms with E-state index in [-0.39, 0.29) is 5.91 Å². The molecule has 0 saturated heterocycles. The van der Waals surface area contributed by atoms with Gasteiger partial charge in [-0.15, -0.1) is 0 Å². The van der Waals surface area contributed by atoms with Crippen LogP contribution in [0.4, 0.5) is 15.6 Å². The molecule has 0 saturated carbocycles. The molecule has 1 aromatic heterocycles. The molecule has 0 atom stereocenters. The highest BCUT2D eigenvalue weighted by atomic mass is 79.9. The summed E-state index contributed by atoms with van der Waals surface area (Å²) in [5, 5.41) is 6.07. The molecule has 0 spiro atoms. The minimum Gasteiger partial charge on any atom is -0.450 e. The summed E-state index contributed by atoms with van der Waals surface area (Å²) in [6.07, 6.45) is 0.256. The number of nitrogens with zero attached hydrogens (tertiary/aromatic N) is 2. The molecule has 2 aromatic rings. The van der Waals surface area contributed by atoms with Crippen molar-refractivity contribution in [3.63, 3.8) is 0 Å². The van der Waals surface area contributed by atoms with E-state index in [2.05, 4.69) is 36.4 Å². The zero-order valence-electron chi connectivity index (χ0n) is 14.3. The van der Waals surface area contributed by atoms with E-state index >= 15 is 0 Å². The Morgan fingerprint density at radius 3 is 2.81 bits per heavy atom. The zero-order chi connectivity index (χ0) is 18.5. The molecule has 26 heavy (non-hydrogen) atoms. The summed E-state index contributed by atoms with van der Waals surface area (Å²) in [6, 6.07) is 7.48. The molecular weight excluding hydrogens is 420 g/mol. The monoisotopic (exact) mass is 438 g/mol. The molecule has 0 radical (unpaired) electrons. The Morgan fingerprint density at radius 2 is 2.08 bits per heavy atom. The first-order valence-corrected chi connectivity index (χ1v) is 9.84. The number of benzene rings is 1. The highest BCUT2D eigenvalue weighted by molar-refractivity contribution is 9.10. The number of aromatic nitrogens is 1. The third-order valence-corrected chi connectivity index (χ3v) is 5.32. The normalized spacial score (nSPS) is 13.8. The van der Waals surface area contributed by atoms with Crippen molar-refractivity contribution in [1.29, 1.82) is 0 Å². The first kappa shape index (κ1) is 18.8. The minimum absolute atomic E-state index is 0.0508. The smallest absolute Gasteiger partial charge is 0.413 e. The molecule has 0 fully saturated rings. The van der Waals surface area contributed by atoms with Crippen molar-refractivity contribution in [3.05, 3.63) is 39.3 Å². The van der Waals surface area contributed by atoms with E-state index in [1.54, 1.807) is 6.92 Å². The minimum atomic E-state index is -0.496. The molecule has 1 aromatic carbocycles. The summed E-state index contributed by atoms with van der Waals surface area (Å²) in [4.78, 5) is 31.3. The van der Waals surface area contributed by atoms with Crippen molar-refractivity contribution in [2.24, 2.45) is 0 Å². The molecule has 7 nitrogen and oxygen atoms in total. The van der Waals surface area contributed by atoms with Crippen LogP contribution < -0.4 is 10.6 Å². The maximum absolute atomic E-state index is 12.2. The lowest BCUT2D eigenvalue weighted by Crippen LogP contribution is -2.36. The standard InChI is InChI=1S/C17H19BrN4O3S/c1-2-25-17(24)21-16-20-13-7-8-22(9-14(13)26-16)10-15(23)19-12-5-3-11(18)4-6-12/h3-6H,2,7-10H2,1H3,(H,19,23)(H,20,21,24). The van der Waals surface area contributed by atoms with Crippen molar-refractivity contribution < 1.29 is 14.3 Å². The second-order valence-corrected chi connectivity index (χ2v) is 7.75. The van der Waals surface area contributed by atoms with E-state index in [4.69, 9.17) is 4.74 Å². The molecule has 2 amide bonds. The van der Waals surface area contributed by atoms with Gasteiger partial charge in [0.1, 0.15) is 0 Å². The van der Waals surface area contributed by atoms with Crippen molar-refractivity contribution in [2.45, 2.75) is 19.9 Å². The van der Waals surface area contributed by atoms with Crippen LogP contribution in [0, 0.1) is 0 Å². The highest BCUT2D eigenvalue weighted by Crippen LogP contribution is 2.28. The van der Waals surface area contributed by atoms with Gasteiger partial charge in [0.25, 0.3) is 0 Å². The molecule has 1 aliphatic heterocycles. The number of ether oxygens (including phenoxy) is 1. The third kappa shape index (κ3) is 5.03. The number of hydrogen-bond donors (Lipinski definition) is 2. The Bertz CT molecular complexity index is 794. The first-order chi connectivity index (χ1) is 12.5. The van der Waals surface area contributed by atoms with Crippen LogP contribution >= 0.6 is 27.3 Å². The molecule has 2 heterocycles. The summed E-state index contributed by atoms with van der Waals surface area (Å²) < 4.78 is 5.83. The Balaban J connectivity index is 1.54. The Hall–Kier alpha value is -1.97. The number of hydrogen-bond acceptors (Lipinski definition) is 6. The summed E-state index contributed by atoms with van der Waals surface area (Å²) in [5.41, 5.74) is 1.75. The van der Waals surface area contributed by atoms with Crippen LogP contribution in [0.1, 0.15) is 17.5 Å². The number of amides is 2. The number of carbonyl (C=O) groups is 2. The fraction of sp³-hybridized carbons (Fsp3) is 0.353. The van der Waals surface area contributed by atoms with Gasteiger partial charge in [-0.3, -0.25) is 15.0 Å². The average molecular weight is 439 g/mol. The van der Waals surface area contributed by atoms with E-state index in [0.717, 1.165) is 33.7 Å². The predicted octanol–water partition coefficient (Wildman–Crippen LogP) is 3.47. The molecule has 9 heteroatoms. The largest absolute Gasteiger partial charge is 0.450 e. The molecule has 1 aliphatic rings. The topological polar surface area (TPSA) is 83.6 Å². The van der Waals surface area contributed by atoms with Gasteiger partial charge in [0.15, 0.2) is 5.13 Å². The van der Waals surface area contributed by atoms with E-state index in [9.17, 15) is 9.59 Å². The van der Waals surface area contributed by atoms with Crippen molar-refractivity contribution >= 4 is 50.1 Å². The Morgan fingerprint density at radius 1 is 1.31 bits per heavy atom. The molecule has 0 bridgehead atoms. The number of anilines is 2. The van der Waals surface area contributed by atoms with E-state index in [1.165, 1.54) is 11.3 Å². The summed E-state index contributed by atoms with van der Waals surface area (Å²) >= 11 is 4.80. The Labute approximate surface area is 163 Å². The van der Waals surface area contributed by atoms with Gasteiger partial charge in [-0.2, -0.15) is 0 Å². The van der Waals surface area contributed by atoms with Crippen LogP contribution in [0.3, 0.4) is 0 Å². The lowest BCUT2D eigenvalue weighted by Gasteiger charge is -2.25. The SMILES string of the molecule is CCOC(=O)Nc1nc2c(s1)CN(CC(=O)Nc1ccc(Br)cc1)CC2. The lowest BCUT2D eigenvalue weighted by molar-refractivity contribution is -0.117. The second kappa shape index (κ2) is 8.61. The van der Waals surface area contributed by atoms with Gasteiger partial charge in [-0.05, 0) is 31.2 Å². The number of rotatable bonds is 5. The predicted molar refractivity (Wildman–Crippen MR) is 105 cm³/mol. The number of carbonyl (C=O) groups excluding carboxylic acids is 2. The summed E-state index contributed by atoms with van der Waals surface area (Å²) in [5.74, 6) is -0.0508. The van der Waals surface area contributed by atoms with E-state index in [0.29, 0.717) is 24.8 Å². The number of thiazole rings is 1. The quantitative estimate of drug-likeness (QED) is 0.746. The van der Waals surface area contributed by atoms with Crippen LogP contribution in [0.2, 0.25) is 0 Å². The van der Waals surface area contributed by atoms with Crippen molar-refractivity contribution in [2.75, 3.05) is 30.3 Å². The van der Waals surface area contributed by atoms with Gasteiger partial charge in [-0.25, -0.2) is 9.78 Å². The van der Waals surface area contributed by atoms with E-state index < -0.39 is 6.09 Å². The van der Waals surface area contributed by atoms with Gasteiger partial charge >= 0.3 is 6.09 Å². The number of nitrogens with one attached hydrogen (secondary N) is 2. The molecule has 0 unspecified atom stereocenters.